The zero-order valence-corrected chi connectivity index (χ0v) is 12.7. The van der Waals surface area contributed by atoms with E-state index >= 15 is 0 Å². The molecule has 0 aliphatic carbocycles. The lowest BCUT2D eigenvalue weighted by molar-refractivity contribution is 0.231. The zero-order valence-electron chi connectivity index (χ0n) is 11.1. The van der Waals surface area contributed by atoms with E-state index in [1.807, 2.05) is 13.8 Å². The van der Waals surface area contributed by atoms with Crippen LogP contribution in [0.5, 0.6) is 0 Å². The van der Waals surface area contributed by atoms with Crippen molar-refractivity contribution in [3.8, 4) is 0 Å². The van der Waals surface area contributed by atoms with Crippen LogP contribution in [0.15, 0.2) is 28.7 Å². The van der Waals surface area contributed by atoms with Crippen LogP contribution in [0.25, 0.3) is 0 Å². The molecule has 1 heterocycles. The van der Waals surface area contributed by atoms with Gasteiger partial charge in [-0.2, -0.15) is 0 Å². The fraction of sp³-hybridized carbons (Fsp3) is 0.600. The van der Waals surface area contributed by atoms with Crippen LogP contribution in [0, 0.1) is 0 Å². The highest BCUT2D eigenvalue weighted by Crippen LogP contribution is 2.13. The molecule has 17 heavy (non-hydrogen) atoms. The summed E-state index contributed by atoms with van der Waals surface area (Å²) in [7, 11) is 0. The standard InChI is InChI=1S/C13H18BrN.C2H6/c14-13-6-4-12(5-7-13)8-11-15-9-2-1-3-10-15;1-2/h4-7H,1-3,8-11H2;1-2H3. The van der Waals surface area contributed by atoms with E-state index in [0.29, 0.717) is 0 Å². The van der Waals surface area contributed by atoms with Gasteiger partial charge in [-0.1, -0.05) is 48.3 Å². The Kier molecular flexibility index (Phi) is 7.54. The summed E-state index contributed by atoms with van der Waals surface area (Å²) in [5.41, 5.74) is 1.45. The number of likely N-dealkylation sites (tertiary alicyclic amines) is 1. The molecule has 1 aliphatic rings. The summed E-state index contributed by atoms with van der Waals surface area (Å²) in [5, 5.41) is 0. The first-order valence-corrected chi connectivity index (χ1v) is 7.61. The Morgan fingerprint density at radius 3 is 2.18 bits per heavy atom. The van der Waals surface area contributed by atoms with Gasteiger partial charge < -0.3 is 4.90 Å². The molecule has 0 N–H and O–H groups in total. The lowest BCUT2D eigenvalue weighted by Crippen LogP contribution is -2.31. The maximum absolute atomic E-state index is 3.46. The first kappa shape index (κ1) is 14.7. The number of benzene rings is 1. The van der Waals surface area contributed by atoms with Crippen LogP contribution < -0.4 is 0 Å². The van der Waals surface area contributed by atoms with Crippen molar-refractivity contribution in [1.29, 1.82) is 0 Å². The van der Waals surface area contributed by atoms with Gasteiger partial charge in [0, 0.05) is 11.0 Å². The van der Waals surface area contributed by atoms with E-state index in [9.17, 15) is 0 Å². The summed E-state index contributed by atoms with van der Waals surface area (Å²) in [6.45, 7) is 7.83. The van der Waals surface area contributed by atoms with Crippen molar-refractivity contribution in [1.82, 2.24) is 4.90 Å². The van der Waals surface area contributed by atoms with Crippen molar-refractivity contribution in [3.63, 3.8) is 0 Å². The van der Waals surface area contributed by atoms with Crippen LogP contribution in [0.3, 0.4) is 0 Å². The van der Waals surface area contributed by atoms with Crippen molar-refractivity contribution in [2.75, 3.05) is 19.6 Å². The second kappa shape index (κ2) is 8.71. The third-order valence-electron chi connectivity index (χ3n) is 3.08. The molecule has 1 fully saturated rings. The van der Waals surface area contributed by atoms with Crippen LogP contribution >= 0.6 is 15.9 Å². The fourth-order valence-corrected chi connectivity index (χ4v) is 2.39. The topological polar surface area (TPSA) is 3.24 Å². The van der Waals surface area contributed by atoms with Gasteiger partial charge in [-0.05, 0) is 50.0 Å². The molecule has 0 unspecified atom stereocenters. The Morgan fingerprint density at radius 1 is 1.00 bits per heavy atom. The van der Waals surface area contributed by atoms with E-state index < -0.39 is 0 Å². The van der Waals surface area contributed by atoms with Crippen LogP contribution in [-0.2, 0) is 6.42 Å². The summed E-state index contributed by atoms with van der Waals surface area (Å²) in [6.07, 6.45) is 5.39. The Balaban J connectivity index is 0.000000686. The van der Waals surface area contributed by atoms with Crippen molar-refractivity contribution in [2.45, 2.75) is 39.5 Å². The van der Waals surface area contributed by atoms with Gasteiger partial charge >= 0.3 is 0 Å². The van der Waals surface area contributed by atoms with E-state index in [-0.39, 0.29) is 0 Å². The molecule has 0 saturated carbocycles. The summed E-state index contributed by atoms with van der Waals surface area (Å²) >= 11 is 3.46. The number of hydrogen-bond donors (Lipinski definition) is 0. The quantitative estimate of drug-likeness (QED) is 0.794. The molecule has 2 heteroatoms. The predicted octanol–water partition coefficient (Wildman–Crippen LogP) is 4.50. The highest BCUT2D eigenvalue weighted by molar-refractivity contribution is 9.10. The van der Waals surface area contributed by atoms with Crippen LogP contribution in [0.1, 0.15) is 38.7 Å². The molecule has 0 bridgehead atoms. The molecular formula is C15H24BrN. The molecule has 1 aromatic rings. The normalized spacial score (nSPS) is 16.2. The largest absolute Gasteiger partial charge is 0.303 e. The molecule has 1 aliphatic heterocycles. The van der Waals surface area contributed by atoms with Gasteiger partial charge in [-0.15, -0.1) is 0 Å². The lowest BCUT2D eigenvalue weighted by Gasteiger charge is -2.26. The molecule has 0 amide bonds. The molecule has 0 radical (unpaired) electrons. The van der Waals surface area contributed by atoms with Crippen molar-refractivity contribution in [3.05, 3.63) is 34.3 Å². The number of rotatable bonds is 3. The Morgan fingerprint density at radius 2 is 1.59 bits per heavy atom. The second-order valence-electron chi connectivity index (χ2n) is 4.28. The minimum absolute atomic E-state index is 1.17. The van der Waals surface area contributed by atoms with Gasteiger partial charge in [0.15, 0.2) is 0 Å². The minimum atomic E-state index is 1.17. The maximum atomic E-state index is 3.46. The van der Waals surface area contributed by atoms with Crippen LogP contribution in [0.4, 0.5) is 0 Å². The average Bonchev–Trinajstić information content (AvgIpc) is 2.42. The smallest absolute Gasteiger partial charge is 0.0175 e. The Bertz CT molecular complexity index is 288. The maximum Gasteiger partial charge on any atom is 0.0175 e. The number of nitrogens with zero attached hydrogens (tertiary/aromatic N) is 1. The predicted molar refractivity (Wildman–Crippen MR) is 79.5 cm³/mol. The molecule has 0 atom stereocenters. The third kappa shape index (κ3) is 5.69. The molecule has 1 nitrogen and oxygen atoms in total. The summed E-state index contributed by atoms with van der Waals surface area (Å²) in [6, 6.07) is 8.69. The zero-order chi connectivity index (χ0) is 12.5. The highest BCUT2D eigenvalue weighted by Gasteiger charge is 2.09. The molecule has 1 saturated heterocycles. The Labute approximate surface area is 114 Å². The first-order valence-electron chi connectivity index (χ1n) is 6.81. The van der Waals surface area contributed by atoms with Gasteiger partial charge in [-0.25, -0.2) is 0 Å². The first-order chi connectivity index (χ1) is 8.34. The SMILES string of the molecule is Brc1ccc(CCN2CCCCC2)cc1.CC. The van der Waals surface area contributed by atoms with E-state index in [0.717, 1.165) is 0 Å². The van der Waals surface area contributed by atoms with Gasteiger partial charge in [0.2, 0.25) is 0 Å². The molecule has 0 spiro atoms. The van der Waals surface area contributed by atoms with Gasteiger partial charge in [-0.3, -0.25) is 0 Å². The summed E-state index contributed by atoms with van der Waals surface area (Å²) in [4.78, 5) is 2.59. The summed E-state index contributed by atoms with van der Waals surface area (Å²) < 4.78 is 1.17. The molecule has 96 valence electrons. The molecule has 1 aromatic carbocycles. The number of halogens is 1. The van der Waals surface area contributed by atoms with Gasteiger partial charge in [0.05, 0.1) is 0 Å². The highest BCUT2D eigenvalue weighted by atomic mass is 79.9. The van der Waals surface area contributed by atoms with E-state index in [1.165, 1.54) is 55.4 Å². The van der Waals surface area contributed by atoms with Crippen LogP contribution in [0.2, 0.25) is 0 Å². The fourth-order valence-electron chi connectivity index (χ4n) is 2.12. The minimum Gasteiger partial charge on any atom is -0.303 e. The Hall–Kier alpha value is -0.340. The van der Waals surface area contributed by atoms with E-state index in [2.05, 4.69) is 45.1 Å². The van der Waals surface area contributed by atoms with E-state index in [1.54, 1.807) is 0 Å². The van der Waals surface area contributed by atoms with Gasteiger partial charge in [0.25, 0.3) is 0 Å². The molecular weight excluding hydrogens is 274 g/mol. The lowest BCUT2D eigenvalue weighted by atomic mass is 10.1. The van der Waals surface area contributed by atoms with Crippen molar-refractivity contribution in [2.24, 2.45) is 0 Å². The van der Waals surface area contributed by atoms with Crippen molar-refractivity contribution >= 4 is 15.9 Å². The second-order valence-corrected chi connectivity index (χ2v) is 5.19. The number of piperidine rings is 1. The average molecular weight is 298 g/mol. The van der Waals surface area contributed by atoms with Gasteiger partial charge in [0.1, 0.15) is 0 Å². The van der Waals surface area contributed by atoms with Crippen molar-refractivity contribution < 1.29 is 0 Å². The molecule has 2 rings (SSSR count). The third-order valence-corrected chi connectivity index (χ3v) is 3.61. The van der Waals surface area contributed by atoms with E-state index in [4.69, 9.17) is 0 Å². The van der Waals surface area contributed by atoms with Crippen LogP contribution in [-0.4, -0.2) is 24.5 Å². The number of hydrogen-bond acceptors (Lipinski definition) is 1. The molecule has 0 aromatic heterocycles. The summed E-state index contributed by atoms with van der Waals surface area (Å²) in [5.74, 6) is 0. The monoisotopic (exact) mass is 297 g/mol.